The number of hydrogen-bond donors (Lipinski definition) is 1. The summed E-state index contributed by atoms with van der Waals surface area (Å²) < 4.78 is 28.1. The molecule has 0 amide bonds. The zero-order chi connectivity index (χ0) is 16.9. The Balaban J connectivity index is 2.36. The van der Waals surface area contributed by atoms with Crippen molar-refractivity contribution >= 4 is 34.0 Å². The Morgan fingerprint density at radius 1 is 1.22 bits per heavy atom. The number of thiol groups is 1. The highest BCUT2D eigenvalue weighted by atomic mass is 32.2. The molecule has 2 rings (SSSR count). The van der Waals surface area contributed by atoms with Gasteiger partial charge in [-0.15, -0.1) is 0 Å². The van der Waals surface area contributed by atoms with E-state index in [0.717, 1.165) is 11.1 Å². The number of rotatable bonds is 8. The third-order valence-corrected chi connectivity index (χ3v) is 7.61. The normalized spacial score (nSPS) is 14.8. The fourth-order valence-corrected chi connectivity index (χ4v) is 5.84. The third kappa shape index (κ3) is 4.38. The molecule has 0 saturated carbocycles. The molecule has 0 aliphatic rings. The molecule has 126 valence electrons. The molecule has 0 spiro atoms. The van der Waals surface area contributed by atoms with E-state index in [1.165, 1.54) is 11.3 Å². The second-order valence-corrected chi connectivity index (χ2v) is 8.77. The van der Waals surface area contributed by atoms with Crippen molar-refractivity contribution in [3.05, 3.63) is 58.3 Å². The van der Waals surface area contributed by atoms with Crippen molar-refractivity contribution in [3.8, 4) is 0 Å². The molecule has 2 unspecified atom stereocenters. The first-order chi connectivity index (χ1) is 11.0. The van der Waals surface area contributed by atoms with Crippen molar-refractivity contribution in [1.82, 2.24) is 4.31 Å². The Labute approximate surface area is 148 Å². The van der Waals surface area contributed by atoms with Gasteiger partial charge >= 0.3 is 0 Å². The lowest BCUT2D eigenvalue weighted by molar-refractivity contribution is 0.346. The van der Waals surface area contributed by atoms with Crippen LogP contribution in [0.5, 0.6) is 0 Å². The van der Waals surface area contributed by atoms with E-state index in [1.807, 2.05) is 61.0 Å². The molecule has 0 saturated heterocycles. The topological polar surface area (TPSA) is 37.4 Å². The number of hydrogen-bond acceptors (Lipinski definition) is 4. The zero-order valence-corrected chi connectivity index (χ0v) is 15.9. The van der Waals surface area contributed by atoms with Gasteiger partial charge in [0.15, 0.2) is 0 Å². The quantitative estimate of drug-likeness (QED) is 0.703. The first kappa shape index (κ1) is 18.5. The maximum atomic E-state index is 13.3. The molecule has 0 radical (unpaired) electrons. The van der Waals surface area contributed by atoms with E-state index in [1.54, 1.807) is 4.31 Å². The van der Waals surface area contributed by atoms with Crippen LogP contribution >= 0.6 is 24.0 Å². The summed E-state index contributed by atoms with van der Waals surface area (Å²) >= 11 is 5.85. The summed E-state index contributed by atoms with van der Waals surface area (Å²) in [7, 11) is -3.45. The summed E-state index contributed by atoms with van der Waals surface area (Å²) in [6.45, 7) is 4.21. The van der Waals surface area contributed by atoms with E-state index in [-0.39, 0.29) is 6.04 Å². The highest BCUT2D eigenvalue weighted by Crippen LogP contribution is 2.32. The minimum atomic E-state index is -3.45. The molecule has 1 aromatic heterocycles. The molecule has 23 heavy (non-hydrogen) atoms. The second-order valence-electron chi connectivity index (χ2n) is 5.56. The zero-order valence-electron chi connectivity index (χ0n) is 13.4. The van der Waals surface area contributed by atoms with Crippen molar-refractivity contribution in [2.75, 3.05) is 5.75 Å². The van der Waals surface area contributed by atoms with Crippen LogP contribution in [0.15, 0.2) is 47.2 Å². The first-order valence-corrected chi connectivity index (χ1v) is 10.8. The Hall–Kier alpha value is -0.820. The maximum Gasteiger partial charge on any atom is 0.221 e. The van der Waals surface area contributed by atoms with E-state index < -0.39 is 15.3 Å². The van der Waals surface area contributed by atoms with Gasteiger partial charge in [0, 0.05) is 18.3 Å². The van der Waals surface area contributed by atoms with E-state index >= 15 is 0 Å². The minimum Gasteiger partial charge on any atom is -0.212 e. The van der Waals surface area contributed by atoms with E-state index in [2.05, 4.69) is 12.6 Å². The lowest BCUT2D eigenvalue weighted by atomic mass is 10.2. The predicted octanol–water partition coefficient (Wildman–Crippen LogP) is 4.35. The van der Waals surface area contributed by atoms with Crippen molar-refractivity contribution in [3.63, 3.8) is 0 Å². The molecule has 1 heterocycles. The van der Waals surface area contributed by atoms with Gasteiger partial charge in [-0.2, -0.15) is 28.3 Å². The monoisotopic (exact) mass is 369 g/mol. The largest absolute Gasteiger partial charge is 0.221 e. The molecular formula is C17H23NO2S3. The molecule has 1 aromatic carbocycles. The first-order valence-electron chi connectivity index (χ1n) is 7.68. The minimum absolute atomic E-state index is 0.156. The lowest BCUT2D eigenvalue weighted by Gasteiger charge is -2.31. The standard InChI is InChI=1S/C17H23NO2S3/c1-3-17(16-9-10-22-13-16)23(19,20)18(14(2)12-21)11-15-7-5-4-6-8-15/h4-10,13-14,17,21H,3,11-12H2,1-2H3. The van der Waals surface area contributed by atoms with Crippen LogP contribution in [-0.2, 0) is 16.6 Å². The number of benzene rings is 1. The molecule has 2 atom stereocenters. The van der Waals surface area contributed by atoms with Crippen molar-refractivity contribution in [2.24, 2.45) is 0 Å². The Morgan fingerprint density at radius 2 is 1.91 bits per heavy atom. The van der Waals surface area contributed by atoms with Gasteiger partial charge in [0.25, 0.3) is 0 Å². The third-order valence-electron chi connectivity index (χ3n) is 3.91. The molecule has 0 N–H and O–H groups in total. The average Bonchev–Trinajstić information content (AvgIpc) is 3.07. The second kappa shape index (κ2) is 8.33. The van der Waals surface area contributed by atoms with E-state index in [9.17, 15) is 8.42 Å². The Kier molecular flexibility index (Phi) is 6.71. The fourth-order valence-electron chi connectivity index (χ4n) is 2.59. The molecule has 0 aliphatic heterocycles. The van der Waals surface area contributed by atoms with Crippen LogP contribution in [0.25, 0.3) is 0 Å². The van der Waals surface area contributed by atoms with Gasteiger partial charge in [0.2, 0.25) is 10.0 Å². The van der Waals surface area contributed by atoms with Crippen molar-refractivity contribution in [2.45, 2.75) is 38.1 Å². The van der Waals surface area contributed by atoms with Crippen LogP contribution < -0.4 is 0 Å². The molecule has 0 aliphatic carbocycles. The smallest absolute Gasteiger partial charge is 0.212 e. The van der Waals surface area contributed by atoms with Crippen molar-refractivity contribution < 1.29 is 8.42 Å². The number of thiophene rings is 1. The van der Waals surface area contributed by atoms with Gasteiger partial charge in [0.1, 0.15) is 5.25 Å². The van der Waals surface area contributed by atoms with Crippen LogP contribution in [0, 0.1) is 0 Å². The van der Waals surface area contributed by atoms with Gasteiger partial charge in [0.05, 0.1) is 0 Å². The van der Waals surface area contributed by atoms with Crippen LogP contribution in [0.4, 0.5) is 0 Å². The van der Waals surface area contributed by atoms with Crippen molar-refractivity contribution in [1.29, 1.82) is 0 Å². The molecule has 0 fully saturated rings. The molecule has 6 heteroatoms. The molecular weight excluding hydrogens is 346 g/mol. The summed E-state index contributed by atoms with van der Waals surface area (Å²) in [6.07, 6.45) is 0.559. The molecule has 0 bridgehead atoms. The van der Waals surface area contributed by atoms with Crippen LogP contribution in [0.3, 0.4) is 0 Å². The summed E-state index contributed by atoms with van der Waals surface area (Å²) in [4.78, 5) is 0. The van der Waals surface area contributed by atoms with E-state index in [0.29, 0.717) is 18.7 Å². The van der Waals surface area contributed by atoms with Gasteiger partial charge in [-0.25, -0.2) is 8.42 Å². The Bertz CT molecular complexity index is 684. The highest BCUT2D eigenvalue weighted by Gasteiger charge is 2.34. The van der Waals surface area contributed by atoms with Gasteiger partial charge in [-0.3, -0.25) is 0 Å². The molecule has 2 aromatic rings. The molecule has 3 nitrogen and oxygen atoms in total. The summed E-state index contributed by atoms with van der Waals surface area (Å²) in [6, 6.07) is 11.5. The SMILES string of the molecule is CCC(c1ccsc1)S(=O)(=O)N(Cc1ccccc1)C(C)CS. The number of nitrogens with zero attached hydrogens (tertiary/aromatic N) is 1. The predicted molar refractivity (Wildman–Crippen MR) is 102 cm³/mol. The Morgan fingerprint density at radius 3 is 2.43 bits per heavy atom. The number of sulfonamides is 1. The van der Waals surface area contributed by atoms with Gasteiger partial charge in [-0.05, 0) is 41.3 Å². The van der Waals surface area contributed by atoms with Crippen LogP contribution in [-0.4, -0.2) is 24.5 Å². The van der Waals surface area contributed by atoms with E-state index in [4.69, 9.17) is 0 Å². The lowest BCUT2D eigenvalue weighted by Crippen LogP contribution is -2.41. The fraction of sp³-hybridized carbons (Fsp3) is 0.412. The van der Waals surface area contributed by atoms with Crippen LogP contribution in [0.2, 0.25) is 0 Å². The highest BCUT2D eigenvalue weighted by molar-refractivity contribution is 7.89. The van der Waals surface area contributed by atoms with Gasteiger partial charge in [-0.1, -0.05) is 37.3 Å². The van der Waals surface area contributed by atoms with Gasteiger partial charge < -0.3 is 0 Å². The summed E-state index contributed by atoms with van der Waals surface area (Å²) in [5.41, 5.74) is 1.87. The average molecular weight is 370 g/mol. The summed E-state index contributed by atoms with van der Waals surface area (Å²) in [5.74, 6) is 0.492. The summed E-state index contributed by atoms with van der Waals surface area (Å²) in [5, 5.41) is 3.36. The van der Waals surface area contributed by atoms with Crippen LogP contribution in [0.1, 0.15) is 36.6 Å². The maximum absolute atomic E-state index is 13.3.